The second-order valence-corrected chi connectivity index (χ2v) is 15.3. The molecule has 0 fully saturated rings. The van der Waals surface area contributed by atoms with Gasteiger partial charge in [0.15, 0.2) is 37.2 Å². The van der Waals surface area contributed by atoms with Gasteiger partial charge in [0, 0.05) is 42.8 Å². The zero-order valence-corrected chi connectivity index (χ0v) is 43.7. The van der Waals surface area contributed by atoms with Crippen molar-refractivity contribution in [2.24, 2.45) is 21.1 Å². The fraction of sp³-hybridized carbons (Fsp3) is 0.176. The molecule has 0 saturated heterocycles. The van der Waals surface area contributed by atoms with Crippen molar-refractivity contribution < 1.29 is 116 Å². The van der Waals surface area contributed by atoms with E-state index in [0.717, 1.165) is 102 Å². The van der Waals surface area contributed by atoms with Crippen molar-refractivity contribution in [3.8, 4) is 50.3 Å². The minimum atomic E-state index is -0.173. The van der Waals surface area contributed by atoms with Gasteiger partial charge in [-0.3, -0.25) is 4.79 Å². The average molecular weight is 1240 g/mol. The maximum absolute atomic E-state index is 11.8. The van der Waals surface area contributed by atoms with Crippen LogP contribution in [0.15, 0.2) is 122 Å². The van der Waals surface area contributed by atoms with Gasteiger partial charge in [0.2, 0.25) is 0 Å². The van der Waals surface area contributed by atoms with E-state index in [4.69, 9.17) is 29.4 Å². The number of carbonyl (C=O) groups is 1. The molecule has 0 N–H and O–H groups in total. The number of rotatable bonds is 11. The number of fused-ring (bicyclic) bond motifs is 8. The number of ether oxygens (including phenoxy) is 2. The first-order chi connectivity index (χ1) is 29.8. The fourth-order valence-electron chi connectivity index (χ4n) is 7.79. The Bertz CT molecular complexity index is 2960. The van der Waals surface area contributed by atoms with Gasteiger partial charge in [0.25, 0.3) is 0 Å². The quantitative estimate of drug-likeness (QED) is 0.0550. The smallest absolute Gasteiger partial charge is 1.00 e. The predicted molar refractivity (Wildman–Crippen MR) is 238 cm³/mol. The average Bonchev–Trinajstić information content (AvgIpc) is 4.12. The molecule has 0 aliphatic carbocycles. The Morgan fingerprint density at radius 1 is 0.508 bits per heavy atom. The molecule has 9 rings (SSSR count). The molecule has 0 saturated carbocycles. The second kappa shape index (κ2) is 23.1. The SMILES string of the molecule is CCOC(=O)CCCCOc1ccc(-c2c3nc(c(-c4cc[n+](C)cc4)c4ccc([n-]4)c(-c4cc[n+](C)cc4)c4nc(c(-c5cc[n+](C)cc5)c5ccc2[n-]5)C=C4)C=C3)cc1.[I-].[I-].[I-].[Ni+2]. The predicted octanol–water partition coefficient (Wildman–Crippen LogP) is -0.823. The Balaban J connectivity index is 0.00000198. The molecule has 7 aromatic rings. The van der Waals surface area contributed by atoms with Crippen LogP contribution in [0, 0.1) is 0 Å². The molecule has 10 nitrogen and oxygen atoms in total. The molecular weight excluding hydrogens is 1200 g/mol. The van der Waals surface area contributed by atoms with Gasteiger partial charge in [-0.1, -0.05) is 36.4 Å². The Morgan fingerprint density at radius 2 is 0.846 bits per heavy atom. The molecule has 2 aliphatic heterocycles. The molecule has 2 aliphatic rings. The van der Waals surface area contributed by atoms with Gasteiger partial charge >= 0.3 is 22.5 Å². The molecule has 8 bridgehead atoms. The first-order valence-corrected chi connectivity index (χ1v) is 20.6. The van der Waals surface area contributed by atoms with Crippen LogP contribution < -0.4 is 100 Å². The molecule has 8 heterocycles. The summed E-state index contributed by atoms with van der Waals surface area (Å²) < 4.78 is 17.2. The van der Waals surface area contributed by atoms with E-state index in [9.17, 15) is 4.79 Å². The summed E-state index contributed by atoms with van der Waals surface area (Å²) >= 11 is 0. The summed E-state index contributed by atoms with van der Waals surface area (Å²) in [5.74, 6) is 0.576. The van der Waals surface area contributed by atoms with E-state index in [1.54, 1.807) is 0 Å². The third kappa shape index (κ3) is 11.4. The third-order valence-electron chi connectivity index (χ3n) is 10.9. The number of aromatic nitrogens is 7. The van der Waals surface area contributed by atoms with E-state index >= 15 is 0 Å². The molecule has 334 valence electrons. The van der Waals surface area contributed by atoms with Crippen LogP contribution in [-0.2, 0) is 47.2 Å². The van der Waals surface area contributed by atoms with Crippen molar-refractivity contribution in [2.75, 3.05) is 13.2 Å². The first kappa shape index (κ1) is 51.2. The van der Waals surface area contributed by atoms with Crippen LogP contribution in [-0.4, -0.2) is 29.2 Å². The maximum atomic E-state index is 11.8. The maximum Gasteiger partial charge on any atom is 2.00 e. The van der Waals surface area contributed by atoms with Gasteiger partial charge in [-0.05, 0) is 101 Å². The fourth-order valence-corrected chi connectivity index (χ4v) is 7.79. The molecule has 1 aromatic carbocycles. The minimum absolute atomic E-state index is 0. The van der Waals surface area contributed by atoms with E-state index < -0.39 is 0 Å². The molecule has 0 unspecified atom stereocenters. The Hall–Kier alpha value is -4.78. The number of aryl methyl sites for hydroxylation is 3. The van der Waals surface area contributed by atoms with E-state index in [-0.39, 0.29) is 94.4 Å². The number of unbranched alkanes of at least 4 members (excludes halogenated alkanes) is 1. The molecule has 14 heteroatoms. The van der Waals surface area contributed by atoms with E-state index in [1.807, 2.05) is 91.1 Å². The van der Waals surface area contributed by atoms with Crippen molar-refractivity contribution in [3.05, 3.63) is 145 Å². The van der Waals surface area contributed by atoms with Crippen LogP contribution in [0.5, 0.6) is 5.75 Å². The van der Waals surface area contributed by atoms with E-state index in [1.165, 1.54) is 0 Å². The number of carbonyl (C=O) groups excluding carboxylic acids is 1. The van der Waals surface area contributed by atoms with Crippen LogP contribution in [0.1, 0.15) is 49.0 Å². The number of benzene rings is 1. The summed E-state index contributed by atoms with van der Waals surface area (Å²) in [5.41, 5.74) is 14.1. The zero-order valence-electron chi connectivity index (χ0n) is 36.2. The molecule has 65 heavy (non-hydrogen) atoms. The van der Waals surface area contributed by atoms with Crippen molar-refractivity contribution in [1.29, 1.82) is 0 Å². The van der Waals surface area contributed by atoms with Gasteiger partial charge in [-0.15, -0.1) is 22.1 Å². The van der Waals surface area contributed by atoms with Crippen molar-refractivity contribution in [3.63, 3.8) is 0 Å². The van der Waals surface area contributed by atoms with Gasteiger partial charge in [0.1, 0.15) is 26.9 Å². The molecule has 0 spiro atoms. The van der Waals surface area contributed by atoms with Gasteiger partial charge in [0.05, 0.1) is 36.0 Å². The topological polar surface area (TPSA) is 101 Å². The number of hydrogen-bond acceptors (Lipinski definition) is 5. The number of halogens is 3. The van der Waals surface area contributed by atoms with Gasteiger partial charge in [-0.2, -0.15) is 0 Å². The molecule has 0 amide bonds. The number of pyridine rings is 3. The minimum Gasteiger partial charge on any atom is -1.00 e. The van der Waals surface area contributed by atoms with Crippen molar-refractivity contribution in [2.45, 2.75) is 26.2 Å². The van der Waals surface area contributed by atoms with Crippen LogP contribution in [0.25, 0.3) is 90.9 Å². The summed E-state index contributed by atoms with van der Waals surface area (Å²) in [5, 5.41) is 0. The standard InChI is InChI=1S/C51H46N7O3.3HI.Ni/c1-5-60-47(59)8-6-7-33-61-38-11-9-34(10-12-38)48-39-13-15-41(52-39)49(35-21-27-56(2)28-22-35)43-17-19-45(54-43)51(37-25-31-58(4)32-26-37)46-20-18-44(55-46)50(42-16-14-40(48)53-42)36-23-29-57(3)30-24-36;;;;/h9-32H,5-8,33H2,1-4H3;3*1H;/q+1;;;;+2/p-3. The second-order valence-electron chi connectivity index (χ2n) is 15.3. The van der Waals surface area contributed by atoms with Gasteiger partial charge in [-0.25, -0.2) is 23.7 Å². The summed E-state index contributed by atoms with van der Waals surface area (Å²) in [6, 6.07) is 29.1. The van der Waals surface area contributed by atoms with Crippen LogP contribution >= 0.6 is 0 Å². The van der Waals surface area contributed by atoms with Gasteiger partial charge < -0.3 is 91.4 Å². The summed E-state index contributed by atoms with van der Waals surface area (Å²) in [6.07, 6.45) is 22.5. The molecular formula is C51H46I3N7NiO3. The zero-order chi connectivity index (χ0) is 41.9. The number of hydrogen-bond donors (Lipinski definition) is 0. The Kier molecular flexibility index (Phi) is 18.2. The van der Waals surface area contributed by atoms with E-state index in [0.29, 0.717) is 26.1 Å². The van der Waals surface area contributed by atoms with Crippen LogP contribution in [0.4, 0.5) is 0 Å². The Morgan fingerprint density at radius 3 is 1.18 bits per heavy atom. The van der Waals surface area contributed by atoms with E-state index in [2.05, 4.69) is 97.1 Å². The molecule has 0 atom stereocenters. The first-order valence-electron chi connectivity index (χ1n) is 20.6. The van der Waals surface area contributed by atoms with Crippen molar-refractivity contribution >= 4 is 52.3 Å². The number of esters is 1. The summed E-state index contributed by atoms with van der Waals surface area (Å²) in [7, 11) is 6.04. The van der Waals surface area contributed by atoms with Crippen molar-refractivity contribution in [1.82, 2.24) is 19.9 Å². The molecule has 0 radical (unpaired) electrons. The summed E-state index contributed by atoms with van der Waals surface area (Å²) in [6.45, 7) is 2.72. The molecule has 6 aromatic heterocycles. The largest absolute Gasteiger partial charge is 2.00 e. The monoisotopic (exact) mass is 1240 g/mol. The number of nitrogens with zero attached hydrogens (tertiary/aromatic N) is 7. The summed E-state index contributed by atoms with van der Waals surface area (Å²) in [4.78, 5) is 33.3. The Labute approximate surface area is 440 Å². The van der Waals surface area contributed by atoms with Crippen LogP contribution in [0.2, 0.25) is 0 Å². The third-order valence-corrected chi connectivity index (χ3v) is 10.9. The van der Waals surface area contributed by atoms with Crippen LogP contribution in [0.3, 0.4) is 0 Å². The normalized spacial score (nSPS) is 11.1.